The first kappa shape index (κ1) is 19.3. The quantitative estimate of drug-likeness (QED) is 0.705. The van der Waals surface area contributed by atoms with Crippen molar-refractivity contribution in [2.45, 2.75) is 13.2 Å². The van der Waals surface area contributed by atoms with Crippen LogP contribution in [0.4, 0.5) is 13.2 Å². The topological polar surface area (TPSA) is 55.8 Å². The number of rotatable bonds is 7. The predicted molar refractivity (Wildman–Crippen MR) is 86.2 cm³/mol. The zero-order valence-corrected chi connectivity index (χ0v) is 13.8. The Bertz CT molecular complexity index is 783. The van der Waals surface area contributed by atoms with Crippen molar-refractivity contribution in [1.29, 1.82) is 0 Å². The molecule has 0 aliphatic carbocycles. The van der Waals surface area contributed by atoms with Gasteiger partial charge in [0.15, 0.2) is 6.61 Å². The van der Waals surface area contributed by atoms with Crippen LogP contribution in [-0.4, -0.2) is 37.0 Å². The third-order valence-electron chi connectivity index (χ3n) is 3.38. The Kier molecular flexibility index (Phi) is 6.60. The van der Waals surface area contributed by atoms with E-state index in [1.54, 1.807) is 6.07 Å². The number of halogens is 3. The smallest absolute Gasteiger partial charge is 0.387 e. The molecule has 0 aliphatic heterocycles. The summed E-state index contributed by atoms with van der Waals surface area (Å²) in [6.45, 7) is -3.56. The van der Waals surface area contributed by atoms with E-state index in [9.17, 15) is 22.8 Å². The minimum absolute atomic E-state index is 0.124. The van der Waals surface area contributed by atoms with Crippen molar-refractivity contribution in [2.24, 2.45) is 0 Å². The van der Waals surface area contributed by atoms with Gasteiger partial charge in [0.05, 0.1) is 0 Å². The van der Waals surface area contributed by atoms with Gasteiger partial charge in [0, 0.05) is 13.6 Å². The fourth-order valence-electron chi connectivity index (χ4n) is 2.15. The van der Waals surface area contributed by atoms with Gasteiger partial charge in [-0.05, 0) is 29.8 Å². The zero-order chi connectivity index (χ0) is 19.1. The summed E-state index contributed by atoms with van der Waals surface area (Å²) in [4.78, 5) is 25.3. The molecular weight excluding hydrogens is 351 g/mol. The second kappa shape index (κ2) is 8.89. The summed E-state index contributed by atoms with van der Waals surface area (Å²) in [6, 6.07) is 11.1. The SMILES string of the molecule is CN(Cc1cccc(F)c1)C(=O)COC(=O)c1ccccc1OC(F)F. The van der Waals surface area contributed by atoms with E-state index in [-0.39, 0.29) is 17.9 Å². The molecule has 0 saturated heterocycles. The molecule has 0 spiro atoms. The van der Waals surface area contributed by atoms with Gasteiger partial charge in [-0.1, -0.05) is 24.3 Å². The van der Waals surface area contributed by atoms with Gasteiger partial charge in [-0.2, -0.15) is 8.78 Å². The molecule has 0 bridgehead atoms. The normalized spacial score (nSPS) is 10.5. The van der Waals surface area contributed by atoms with Gasteiger partial charge in [-0.15, -0.1) is 0 Å². The summed E-state index contributed by atoms with van der Waals surface area (Å²) in [5.41, 5.74) is 0.358. The minimum atomic E-state index is -3.09. The van der Waals surface area contributed by atoms with E-state index in [0.29, 0.717) is 5.56 Å². The monoisotopic (exact) mass is 367 g/mol. The molecule has 0 unspecified atom stereocenters. The molecule has 0 fully saturated rings. The van der Waals surface area contributed by atoms with Crippen LogP contribution in [0.1, 0.15) is 15.9 Å². The van der Waals surface area contributed by atoms with Crippen LogP contribution < -0.4 is 4.74 Å². The first-order valence-electron chi connectivity index (χ1n) is 7.56. The maximum atomic E-state index is 13.2. The van der Waals surface area contributed by atoms with Gasteiger partial charge in [-0.25, -0.2) is 9.18 Å². The number of para-hydroxylation sites is 1. The Hall–Kier alpha value is -3.03. The van der Waals surface area contributed by atoms with Gasteiger partial charge in [-0.3, -0.25) is 4.79 Å². The molecule has 2 aromatic carbocycles. The summed E-state index contributed by atoms with van der Waals surface area (Å²) in [6.07, 6.45) is 0. The van der Waals surface area contributed by atoms with Crippen molar-refractivity contribution in [3.05, 3.63) is 65.5 Å². The van der Waals surface area contributed by atoms with Crippen molar-refractivity contribution in [2.75, 3.05) is 13.7 Å². The maximum Gasteiger partial charge on any atom is 0.387 e. The predicted octanol–water partition coefficient (Wildman–Crippen LogP) is 3.24. The molecule has 8 heteroatoms. The maximum absolute atomic E-state index is 13.2. The van der Waals surface area contributed by atoms with Gasteiger partial charge in [0.2, 0.25) is 0 Å². The van der Waals surface area contributed by atoms with E-state index in [2.05, 4.69) is 4.74 Å². The number of alkyl halides is 2. The van der Waals surface area contributed by atoms with Crippen LogP contribution in [-0.2, 0) is 16.1 Å². The van der Waals surface area contributed by atoms with Gasteiger partial charge in [0.1, 0.15) is 17.1 Å². The molecule has 0 N–H and O–H groups in total. The molecule has 2 aromatic rings. The van der Waals surface area contributed by atoms with Crippen molar-refractivity contribution in [3.63, 3.8) is 0 Å². The molecule has 0 atom stereocenters. The van der Waals surface area contributed by atoms with Crippen molar-refractivity contribution >= 4 is 11.9 Å². The highest BCUT2D eigenvalue weighted by molar-refractivity contribution is 5.93. The van der Waals surface area contributed by atoms with Gasteiger partial charge < -0.3 is 14.4 Å². The van der Waals surface area contributed by atoms with E-state index in [0.717, 1.165) is 0 Å². The highest BCUT2D eigenvalue weighted by atomic mass is 19.3. The van der Waals surface area contributed by atoms with Crippen LogP contribution in [0.25, 0.3) is 0 Å². The van der Waals surface area contributed by atoms with Gasteiger partial charge >= 0.3 is 12.6 Å². The van der Waals surface area contributed by atoms with E-state index < -0.39 is 30.9 Å². The first-order chi connectivity index (χ1) is 12.4. The summed E-state index contributed by atoms with van der Waals surface area (Å²) >= 11 is 0. The Labute approximate surface area is 147 Å². The lowest BCUT2D eigenvalue weighted by Gasteiger charge is -2.17. The van der Waals surface area contributed by atoms with Crippen LogP contribution in [0.5, 0.6) is 5.75 Å². The number of benzene rings is 2. The lowest BCUT2D eigenvalue weighted by Crippen LogP contribution is -2.31. The van der Waals surface area contributed by atoms with Crippen molar-refractivity contribution < 1.29 is 32.2 Å². The van der Waals surface area contributed by atoms with Crippen molar-refractivity contribution in [1.82, 2.24) is 4.90 Å². The first-order valence-corrected chi connectivity index (χ1v) is 7.56. The molecule has 0 radical (unpaired) electrons. The number of likely N-dealkylation sites (N-methyl/N-ethyl adjacent to an activating group) is 1. The summed E-state index contributed by atoms with van der Waals surface area (Å²) in [5.74, 6) is -2.26. The fourth-order valence-corrected chi connectivity index (χ4v) is 2.15. The number of carbonyl (C=O) groups is 2. The van der Waals surface area contributed by atoms with Crippen LogP contribution in [0.2, 0.25) is 0 Å². The minimum Gasteiger partial charge on any atom is -0.452 e. The third-order valence-corrected chi connectivity index (χ3v) is 3.38. The molecule has 138 valence electrons. The standard InChI is InChI=1S/C18H16F3NO4/c1-22(10-12-5-4-6-13(19)9-12)16(23)11-25-17(24)14-7-2-3-8-15(14)26-18(20)21/h2-9,18H,10-11H2,1H3. The van der Waals surface area contributed by atoms with Crippen LogP contribution in [0.3, 0.4) is 0 Å². The Balaban J connectivity index is 1.93. The lowest BCUT2D eigenvalue weighted by atomic mass is 10.2. The van der Waals surface area contributed by atoms with E-state index in [1.165, 1.54) is 54.4 Å². The van der Waals surface area contributed by atoms with E-state index >= 15 is 0 Å². The Morgan fingerprint density at radius 3 is 2.54 bits per heavy atom. The second-order valence-electron chi connectivity index (χ2n) is 5.33. The fraction of sp³-hybridized carbons (Fsp3) is 0.222. The van der Waals surface area contributed by atoms with E-state index in [1.807, 2.05) is 0 Å². The number of esters is 1. The number of ether oxygens (including phenoxy) is 2. The van der Waals surface area contributed by atoms with Crippen LogP contribution in [0, 0.1) is 5.82 Å². The lowest BCUT2D eigenvalue weighted by molar-refractivity contribution is -0.133. The molecule has 0 heterocycles. The molecular formula is C18H16F3NO4. The highest BCUT2D eigenvalue weighted by Gasteiger charge is 2.19. The molecule has 0 aliphatic rings. The van der Waals surface area contributed by atoms with E-state index in [4.69, 9.17) is 4.74 Å². The molecule has 0 aromatic heterocycles. The average Bonchev–Trinajstić information content (AvgIpc) is 2.59. The van der Waals surface area contributed by atoms with Crippen LogP contribution in [0.15, 0.2) is 48.5 Å². The second-order valence-corrected chi connectivity index (χ2v) is 5.33. The molecule has 5 nitrogen and oxygen atoms in total. The molecule has 1 amide bonds. The molecule has 0 saturated carbocycles. The summed E-state index contributed by atoms with van der Waals surface area (Å²) in [7, 11) is 1.47. The average molecular weight is 367 g/mol. The number of amides is 1. The molecule has 2 rings (SSSR count). The largest absolute Gasteiger partial charge is 0.452 e. The van der Waals surface area contributed by atoms with Crippen LogP contribution >= 0.6 is 0 Å². The number of hydrogen-bond donors (Lipinski definition) is 0. The molecule has 26 heavy (non-hydrogen) atoms. The summed E-state index contributed by atoms with van der Waals surface area (Å²) in [5, 5.41) is 0. The Morgan fingerprint density at radius 2 is 1.85 bits per heavy atom. The number of nitrogens with zero attached hydrogens (tertiary/aromatic N) is 1. The zero-order valence-electron chi connectivity index (χ0n) is 13.8. The third kappa shape index (κ3) is 5.51. The van der Waals surface area contributed by atoms with Crippen molar-refractivity contribution in [3.8, 4) is 5.75 Å². The van der Waals surface area contributed by atoms with Gasteiger partial charge in [0.25, 0.3) is 5.91 Å². The number of carbonyl (C=O) groups excluding carboxylic acids is 2. The number of hydrogen-bond acceptors (Lipinski definition) is 4. The summed E-state index contributed by atoms with van der Waals surface area (Å²) < 4.78 is 47.0. The Morgan fingerprint density at radius 1 is 1.12 bits per heavy atom. The highest BCUT2D eigenvalue weighted by Crippen LogP contribution is 2.21.